The van der Waals surface area contributed by atoms with Gasteiger partial charge in [0.15, 0.2) is 0 Å². The van der Waals surface area contributed by atoms with Gasteiger partial charge in [-0.05, 0) is 56.3 Å². The van der Waals surface area contributed by atoms with Gasteiger partial charge in [0, 0.05) is 5.69 Å². The zero-order chi connectivity index (χ0) is 20.9. The van der Waals surface area contributed by atoms with E-state index in [1.54, 1.807) is 30.9 Å². The summed E-state index contributed by atoms with van der Waals surface area (Å²) in [6, 6.07) is 10.7. The summed E-state index contributed by atoms with van der Waals surface area (Å²) < 4.78 is 40.0. The monoisotopic (exact) mass is 387 g/mol. The molecule has 1 N–H and O–H groups in total. The maximum atomic E-state index is 13.3. The third kappa shape index (κ3) is 2.95. The molecule has 0 aliphatic carbocycles. The zero-order valence-electron chi connectivity index (χ0n) is 15.1. The highest BCUT2D eigenvalue weighted by Crippen LogP contribution is 2.42. The average Bonchev–Trinajstić information content (AvgIpc) is 2.79. The number of anilines is 2. The Balaban J connectivity index is 2.11. The number of nitrogens with zero attached hydrogens (tertiary/aromatic N) is 3. The maximum absolute atomic E-state index is 13.3. The molecule has 1 aliphatic rings. The summed E-state index contributed by atoms with van der Waals surface area (Å²) in [5.41, 5.74) is -2.25. The van der Waals surface area contributed by atoms with Crippen molar-refractivity contribution in [1.29, 1.82) is 5.26 Å². The van der Waals surface area contributed by atoms with Crippen molar-refractivity contribution < 1.29 is 23.1 Å². The predicted octanol–water partition coefficient (Wildman–Crippen LogP) is 4.39. The number of rotatable bonds is 2. The van der Waals surface area contributed by atoms with E-state index in [4.69, 9.17) is 5.26 Å². The standard InChI is InChI=1S/C20H16F3N3O2/c1-12-25(15-5-4-13(11-24)17(10-15)20(21,22)23)18(28)19(2,3)26(12)14-6-8-16(27)9-7-14/h4-10,27H,1H2,2-3H3. The second-order valence-electron chi connectivity index (χ2n) is 6.81. The van der Waals surface area contributed by atoms with E-state index in [0.717, 1.165) is 17.0 Å². The molecule has 28 heavy (non-hydrogen) atoms. The van der Waals surface area contributed by atoms with Gasteiger partial charge in [-0.2, -0.15) is 18.4 Å². The van der Waals surface area contributed by atoms with Crippen LogP contribution >= 0.6 is 0 Å². The Kier molecular flexibility index (Phi) is 4.34. The number of benzene rings is 2. The van der Waals surface area contributed by atoms with Crippen molar-refractivity contribution in [2.45, 2.75) is 25.6 Å². The summed E-state index contributed by atoms with van der Waals surface area (Å²) in [5, 5.41) is 18.4. The minimum Gasteiger partial charge on any atom is -0.508 e. The van der Waals surface area contributed by atoms with Crippen molar-refractivity contribution in [1.82, 2.24) is 0 Å². The molecule has 2 aromatic rings. The molecule has 0 atom stereocenters. The van der Waals surface area contributed by atoms with Gasteiger partial charge in [-0.15, -0.1) is 0 Å². The van der Waals surface area contributed by atoms with Crippen molar-refractivity contribution in [3.63, 3.8) is 0 Å². The summed E-state index contributed by atoms with van der Waals surface area (Å²) in [5.74, 6) is -0.265. The van der Waals surface area contributed by atoms with Gasteiger partial charge in [0.05, 0.1) is 22.9 Å². The molecule has 1 heterocycles. The van der Waals surface area contributed by atoms with Crippen LogP contribution in [0, 0.1) is 11.3 Å². The highest BCUT2D eigenvalue weighted by molar-refractivity contribution is 6.09. The normalized spacial score (nSPS) is 16.4. The predicted molar refractivity (Wildman–Crippen MR) is 97.4 cm³/mol. The van der Waals surface area contributed by atoms with E-state index in [9.17, 15) is 23.1 Å². The fourth-order valence-corrected chi connectivity index (χ4v) is 3.25. The second-order valence-corrected chi connectivity index (χ2v) is 6.81. The van der Waals surface area contributed by atoms with E-state index in [1.165, 1.54) is 24.3 Å². The number of hydrogen-bond donors (Lipinski definition) is 1. The van der Waals surface area contributed by atoms with Crippen LogP contribution in [0.25, 0.3) is 0 Å². The number of phenols is 1. The first kappa shape index (κ1) is 19.3. The van der Waals surface area contributed by atoms with Crippen LogP contribution in [0.5, 0.6) is 5.75 Å². The highest BCUT2D eigenvalue weighted by atomic mass is 19.4. The Morgan fingerprint density at radius 2 is 1.68 bits per heavy atom. The molecule has 1 saturated heterocycles. The van der Waals surface area contributed by atoms with Crippen molar-refractivity contribution in [2.75, 3.05) is 9.80 Å². The Morgan fingerprint density at radius 3 is 2.21 bits per heavy atom. The lowest BCUT2D eigenvalue weighted by molar-refractivity contribution is -0.137. The molecule has 1 fully saturated rings. The number of halogens is 3. The Labute approximate surface area is 159 Å². The average molecular weight is 387 g/mol. The van der Waals surface area contributed by atoms with Crippen molar-refractivity contribution >= 4 is 17.3 Å². The summed E-state index contributed by atoms with van der Waals surface area (Å²) in [6.07, 6.45) is -4.74. The molecular weight excluding hydrogens is 371 g/mol. The molecule has 0 saturated carbocycles. The number of amides is 1. The van der Waals surface area contributed by atoms with Gasteiger partial charge in [0.2, 0.25) is 0 Å². The maximum Gasteiger partial charge on any atom is 0.417 e. The van der Waals surface area contributed by atoms with Crippen LogP contribution in [0.2, 0.25) is 0 Å². The molecular formula is C20H16F3N3O2. The van der Waals surface area contributed by atoms with Gasteiger partial charge >= 0.3 is 6.18 Å². The van der Waals surface area contributed by atoms with E-state index in [2.05, 4.69) is 6.58 Å². The van der Waals surface area contributed by atoms with Crippen molar-refractivity contribution in [2.24, 2.45) is 0 Å². The summed E-state index contributed by atoms with van der Waals surface area (Å²) >= 11 is 0. The summed E-state index contributed by atoms with van der Waals surface area (Å²) in [7, 11) is 0. The lowest BCUT2D eigenvalue weighted by atomic mass is 10.0. The molecule has 3 rings (SSSR count). The molecule has 0 aromatic heterocycles. The molecule has 5 nitrogen and oxygen atoms in total. The van der Waals surface area contributed by atoms with Gasteiger partial charge in [-0.1, -0.05) is 6.58 Å². The first-order valence-electron chi connectivity index (χ1n) is 8.22. The fraction of sp³-hybridized carbons (Fsp3) is 0.200. The van der Waals surface area contributed by atoms with Gasteiger partial charge in [-0.3, -0.25) is 9.69 Å². The van der Waals surface area contributed by atoms with Gasteiger partial charge in [0.1, 0.15) is 17.1 Å². The van der Waals surface area contributed by atoms with Crippen LogP contribution in [-0.2, 0) is 11.0 Å². The number of nitriles is 1. The Hall–Kier alpha value is -3.47. The third-order valence-electron chi connectivity index (χ3n) is 4.60. The van der Waals surface area contributed by atoms with Gasteiger partial charge < -0.3 is 10.0 Å². The van der Waals surface area contributed by atoms with E-state index in [-0.39, 0.29) is 17.3 Å². The van der Waals surface area contributed by atoms with E-state index < -0.39 is 28.7 Å². The number of carbonyl (C=O) groups excluding carboxylic acids is 1. The first-order chi connectivity index (χ1) is 13.0. The van der Waals surface area contributed by atoms with Gasteiger partial charge in [-0.25, -0.2) is 0 Å². The van der Waals surface area contributed by atoms with Crippen molar-refractivity contribution in [3.8, 4) is 11.8 Å². The molecule has 0 spiro atoms. The van der Waals surface area contributed by atoms with Crippen molar-refractivity contribution in [3.05, 3.63) is 66.0 Å². The lowest BCUT2D eigenvalue weighted by Gasteiger charge is -2.30. The highest BCUT2D eigenvalue weighted by Gasteiger charge is 2.49. The molecule has 1 aliphatic heterocycles. The molecule has 0 bridgehead atoms. The second kappa shape index (κ2) is 6.30. The van der Waals surface area contributed by atoms with E-state index in [0.29, 0.717) is 5.69 Å². The molecule has 0 radical (unpaired) electrons. The van der Waals surface area contributed by atoms with E-state index >= 15 is 0 Å². The molecule has 144 valence electrons. The van der Waals surface area contributed by atoms with Crippen LogP contribution in [0.3, 0.4) is 0 Å². The number of phenolic OH excluding ortho intramolecular Hbond substituents is 1. The Morgan fingerprint density at radius 1 is 1.11 bits per heavy atom. The number of aromatic hydroxyl groups is 1. The molecule has 8 heteroatoms. The minimum absolute atomic E-state index is 0.0318. The number of alkyl halides is 3. The van der Waals surface area contributed by atoms with Crippen LogP contribution in [0.1, 0.15) is 25.0 Å². The molecule has 0 unspecified atom stereocenters. The fourth-order valence-electron chi connectivity index (χ4n) is 3.25. The summed E-state index contributed by atoms with van der Waals surface area (Å²) in [6.45, 7) is 7.15. The number of hydrogen-bond acceptors (Lipinski definition) is 4. The topological polar surface area (TPSA) is 67.6 Å². The molecule has 2 aromatic carbocycles. The lowest BCUT2D eigenvalue weighted by Crippen LogP contribution is -2.43. The third-order valence-corrected chi connectivity index (χ3v) is 4.60. The quantitative estimate of drug-likeness (QED) is 0.830. The van der Waals surface area contributed by atoms with Crippen LogP contribution in [-0.4, -0.2) is 16.6 Å². The van der Waals surface area contributed by atoms with E-state index in [1.807, 2.05) is 0 Å². The Bertz CT molecular complexity index is 1000. The number of carbonyl (C=O) groups is 1. The largest absolute Gasteiger partial charge is 0.508 e. The first-order valence-corrected chi connectivity index (χ1v) is 8.22. The smallest absolute Gasteiger partial charge is 0.417 e. The SMILES string of the molecule is C=C1N(c2ccc(C#N)c(C(F)(F)F)c2)C(=O)C(C)(C)N1c1ccc(O)cc1. The zero-order valence-corrected chi connectivity index (χ0v) is 15.1. The molecule has 1 amide bonds. The summed E-state index contributed by atoms with van der Waals surface area (Å²) in [4.78, 5) is 15.7. The van der Waals surface area contributed by atoms with Gasteiger partial charge in [0.25, 0.3) is 5.91 Å². The van der Waals surface area contributed by atoms with Crippen LogP contribution < -0.4 is 9.80 Å². The van der Waals surface area contributed by atoms with Crippen LogP contribution in [0.4, 0.5) is 24.5 Å². The minimum atomic E-state index is -4.74. The van der Waals surface area contributed by atoms with Crippen LogP contribution in [0.15, 0.2) is 54.9 Å².